The molecule has 3 amide bonds. The number of likely N-dealkylation sites (tertiary alicyclic amines) is 1. The topological polar surface area (TPSA) is 87.7 Å². The zero-order valence-electron chi connectivity index (χ0n) is 23.3. The Balaban J connectivity index is 1.29. The normalized spacial score (nSPS) is 29.9. The molecule has 0 aromatic heterocycles. The Morgan fingerprint density at radius 3 is 2.48 bits per heavy atom. The van der Waals surface area contributed by atoms with Gasteiger partial charge in [0.25, 0.3) is 0 Å². The summed E-state index contributed by atoms with van der Waals surface area (Å²) in [5, 5.41) is 6.27. The van der Waals surface area contributed by atoms with Crippen molar-refractivity contribution in [2.75, 3.05) is 5.32 Å². The van der Waals surface area contributed by atoms with Gasteiger partial charge in [0, 0.05) is 17.8 Å². The van der Waals surface area contributed by atoms with E-state index >= 15 is 0 Å². The lowest BCUT2D eigenvalue weighted by Crippen LogP contribution is -2.58. The van der Waals surface area contributed by atoms with Crippen molar-refractivity contribution in [1.29, 1.82) is 0 Å². The molecule has 7 heteroatoms. The quantitative estimate of drug-likeness (QED) is 0.480. The Kier molecular flexibility index (Phi) is 7.26. The van der Waals surface area contributed by atoms with Crippen molar-refractivity contribution >= 4 is 23.4 Å². The molecule has 3 fully saturated rings. The van der Waals surface area contributed by atoms with E-state index in [9.17, 15) is 14.4 Å². The van der Waals surface area contributed by atoms with Gasteiger partial charge in [0.15, 0.2) is 0 Å². The second kappa shape index (κ2) is 10.8. The molecular formula is C33H39N3O4. The van der Waals surface area contributed by atoms with Gasteiger partial charge in [-0.3, -0.25) is 14.4 Å². The summed E-state index contributed by atoms with van der Waals surface area (Å²) < 4.78 is 6.52. The van der Waals surface area contributed by atoms with Gasteiger partial charge in [0.1, 0.15) is 11.6 Å². The van der Waals surface area contributed by atoms with Gasteiger partial charge >= 0.3 is 0 Å². The van der Waals surface area contributed by atoms with E-state index in [0.717, 1.165) is 37.7 Å². The third-order valence-corrected chi connectivity index (χ3v) is 9.30. The van der Waals surface area contributed by atoms with E-state index in [2.05, 4.69) is 22.8 Å². The minimum absolute atomic E-state index is 0.108. The highest BCUT2D eigenvalue weighted by molar-refractivity contribution is 6.03. The van der Waals surface area contributed by atoms with Crippen molar-refractivity contribution in [1.82, 2.24) is 10.2 Å². The van der Waals surface area contributed by atoms with Gasteiger partial charge in [0.2, 0.25) is 17.7 Å². The highest BCUT2D eigenvalue weighted by atomic mass is 16.5. The van der Waals surface area contributed by atoms with Crippen molar-refractivity contribution in [2.45, 2.75) is 88.6 Å². The first-order valence-corrected chi connectivity index (χ1v) is 14.8. The van der Waals surface area contributed by atoms with Crippen molar-refractivity contribution in [2.24, 2.45) is 11.8 Å². The van der Waals surface area contributed by atoms with Crippen LogP contribution in [0.25, 0.3) is 0 Å². The van der Waals surface area contributed by atoms with Gasteiger partial charge in [-0.15, -0.1) is 0 Å². The van der Waals surface area contributed by atoms with Crippen molar-refractivity contribution in [3.8, 4) is 0 Å². The van der Waals surface area contributed by atoms with Crippen LogP contribution in [0.5, 0.6) is 0 Å². The van der Waals surface area contributed by atoms with Crippen LogP contribution >= 0.6 is 0 Å². The summed E-state index contributed by atoms with van der Waals surface area (Å²) in [6.45, 7) is 4.00. The van der Waals surface area contributed by atoms with Crippen molar-refractivity contribution in [3.63, 3.8) is 0 Å². The lowest BCUT2D eigenvalue weighted by atomic mass is 9.74. The molecule has 2 aromatic rings. The van der Waals surface area contributed by atoms with E-state index in [1.807, 2.05) is 68.5 Å². The number of rotatable bonds is 8. The Labute approximate surface area is 236 Å². The number of nitrogens with one attached hydrogen (secondary N) is 2. The molecule has 6 rings (SSSR count). The van der Waals surface area contributed by atoms with Gasteiger partial charge in [-0.05, 0) is 57.2 Å². The fourth-order valence-electron chi connectivity index (χ4n) is 7.23. The summed E-state index contributed by atoms with van der Waals surface area (Å²) in [7, 11) is 0. The molecule has 6 atom stereocenters. The van der Waals surface area contributed by atoms with Crippen LogP contribution in [0, 0.1) is 18.8 Å². The summed E-state index contributed by atoms with van der Waals surface area (Å²) in [4.78, 5) is 43.7. The minimum atomic E-state index is -1.14. The van der Waals surface area contributed by atoms with Crippen LogP contribution < -0.4 is 10.6 Å². The number of hydrogen-bond acceptors (Lipinski definition) is 4. The third-order valence-electron chi connectivity index (χ3n) is 9.30. The van der Waals surface area contributed by atoms with Crippen LogP contribution in [-0.2, 0) is 25.5 Å². The van der Waals surface area contributed by atoms with Crippen LogP contribution in [0.2, 0.25) is 0 Å². The van der Waals surface area contributed by atoms with Crippen LogP contribution in [0.15, 0.2) is 66.7 Å². The zero-order chi connectivity index (χ0) is 27.9. The molecule has 1 spiro atoms. The van der Waals surface area contributed by atoms with Gasteiger partial charge in [-0.2, -0.15) is 0 Å². The smallest absolute Gasteiger partial charge is 0.246 e. The maximum absolute atomic E-state index is 14.3. The predicted octanol–water partition coefficient (Wildman–Crippen LogP) is 4.55. The van der Waals surface area contributed by atoms with Gasteiger partial charge < -0.3 is 20.3 Å². The Hall–Kier alpha value is -3.45. The van der Waals surface area contributed by atoms with Gasteiger partial charge in [-0.1, -0.05) is 79.4 Å². The monoisotopic (exact) mass is 541 g/mol. The molecule has 2 aromatic carbocycles. The number of hydrogen-bond donors (Lipinski definition) is 2. The second-order valence-electron chi connectivity index (χ2n) is 12.0. The van der Waals surface area contributed by atoms with Crippen molar-refractivity contribution < 1.29 is 19.1 Å². The molecule has 3 heterocycles. The van der Waals surface area contributed by atoms with Crippen molar-refractivity contribution in [3.05, 3.63) is 77.9 Å². The summed E-state index contributed by atoms with van der Waals surface area (Å²) in [5.74, 6) is -2.02. The lowest BCUT2D eigenvalue weighted by Gasteiger charge is -2.36. The molecule has 4 aliphatic rings. The maximum Gasteiger partial charge on any atom is 0.246 e. The SMILES string of the molecule is Cc1ccc(NC(=O)[C@H]2[C@H]3C=C[C@@]4(O3)[C@H]2C(=O)N([C@H](C)CCc2ccccc2)[C@@H]4C(=O)NC2CCCCC2)cc1. The molecule has 2 saturated heterocycles. The first kappa shape index (κ1) is 26.8. The second-order valence-corrected chi connectivity index (χ2v) is 12.0. The van der Waals surface area contributed by atoms with E-state index in [-0.39, 0.29) is 29.8 Å². The average molecular weight is 542 g/mol. The first-order valence-electron chi connectivity index (χ1n) is 14.8. The van der Waals surface area contributed by atoms with E-state index in [0.29, 0.717) is 12.1 Å². The summed E-state index contributed by atoms with van der Waals surface area (Å²) in [5.41, 5.74) is 1.83. The number of nitrogens with zero attached hydrogens (tertiary/aromatic N) is 1. The number of ether oxygens (including phenoxy) is 1. The molecule has 7 nitrogen and oxygen atoms in total. The van der Waals surface area contributed by atoms with Gasteiger partial charge in [0.05, 0.1) is 17.9 Å². The third kappa shape index (κ3) is 4.74. The largest absolute Gasteiger partial charge is 0.359 e. The number of anilines is 1. The van der Waals surface area contributed by atoms with Crippen LogP contribution in [0.4, 0.5) is 5.69 Å². The Morgan fingerprint density at radius 1 is 1.02 bits per heavy atom. The van der Waals surface area contributed by atoms with Crippen LogP contribution in [-0.4, -0.2) is 52.5 Å². The number of fused-ring (bicyclic) bond motifs is 1. The summed E-state index contributed by atoms with van der Waals surface area (Å²) in [6, 6.07) is 16.9. The summed E-state index contributed by atoms with van der Waals surface area (Å²) >= 11 is 0. The highest BCUT2D eigenvalue weighted by Crippen LogP contribution is 2.56. The minimum Gasteiger partial charge on any atom is -0.359 e. The van der Waals surface area contributed by atoms with Crippen LogP contribution in [0.1, 0.15) is 56.6 Å². The number of carbonyl (C=O) groups excluding carboxylic acids is 3. The Morgan fingerprint density at radius 2 is 1.75 bits per heavy atom. The lowest BCUT2D eigenvalue weighted by molar-refractivity contribution is -0.143. The number of aryl methyl sites for hydroxylation is 2. The molecule has 0 radical (unpaired) electrons. The standard InChI is InChI=1S/C33H39N3O4/c1-21-13-17-25(18-14-21)34-30(37)27-26-19-20-33(40-26)28(27)32(39)36(22(2)15-16-23-9-5-3-6-10-23)29(33)31(38)35-24-11-7-4-8-12-24/h3,5-6,9-10,13-14,17-20,22,24,26-29H,4,7-8,11-12,15-16H2,1-2H3,(H,34,37)(H,35,38)/t22-,26-,27+,28-,29-,33-/m1/s1. The van der Waals surface area contributed by atoms with E-state index in [1.54, 1.807) is 4.90 Å². The zero-order valence-corrected chi connectivity index (χ0v) is 23.3. The molecule has 2 bridgehead atoms. The number of benzene rings is 2. The molecule has 1 saturated carbocycles. The van der Waals surface area contributed by atoms with Crippen LogP contribution in [0.3, 0.4) is 0 Å². The maximum atomic E-state index is 14.3. The molecule has 210 valence electrons. The molecule has 1 aliphatic carbocycles. The van der Waals surface area contributed by atoms with Gasteiger partial charge in [-0.25, -0.2) is 0 Å². The van der Waals surface area contributed by atoms with E-state index in [4.69, 9.17) is 4.74 Å². The Bertz CT molecular complexity index is 1290. The number of carbonyl (C=O) groups is 3. The fourth-order valence-corrected chi connectivity index (χ4v) is 7.23. The number of amides is 3. The molecule has 40 heavy (non-hydrogen) atoms. The predicted molar refractivity (Wildman–Crippen MR) is 153 cm³/mol. The van der Waals surface area contributed by atoms with E-state index in [1.165, 1.54) is 12.0 Å². The molecule has 2 N–H and O–H groups in total. The summed E-state index contributed by atoms with van der Waals surface area (Å²) in [6.07, 6.45) is 10.0. The highest BCUT2D eigenvalue weighted by Gasteiger charge is 2.73. The fraction of sp³-hybridized carbons (Fsp3) is 0.485. The van der Waals surface area contributed by atoms with E-state index < -0.39 is 29.6 Å². The first-order chi connectivity index (χ1) is 19.4. The molecule has 3 aliphatic heterocycles. The molecular weight excluding hydrogens is 502 g/mol. The molecule has 0 unspecified atom stereocenters. The average Bonchev–Trinajstić information content (AvgIpc) is 3.61.